The summed E-state index contributed by atoms with van der Waals surface area (Å²) in [6.45, 7) is 8.70. The van der Waals surface area contributed by atoms with E-state index in [0.717, 1.165) is 21.3 Å². The van der Waals surface area contributed by atoms with Crippen molar-refractivity contribution < 1.29 is 19.0 Å². The Labute approximate surface area is 221 Å². The normalized spacial score (nSPS) is 15.4. The molecular weight excluding hydrogens is 544 g/mol. The molecule has 1 aliphatic heterocycles. The van der Waals surface area contributed by atoms with Gasteiger partial charge in [-0.25, -0.2) is 9.79 Å². The van der Waals surface area contributed by atoms with E-state index in [2.05, 4.69) is 20.9 Å². The summed E-state index contributed by atoms with van der Waals surface area (Å²) in [7, 11) is 0. The zero-order valence-corrected chi connectivity index (χ0v) is 22.9. The van der Waals surface area contributed by atoms with Gasteiger partial charge < -0.3 is 14.2 Å². The average Bonchev–Trinajstić information content (AvgIpc) is 3.15. The Hall–Kier alpha value is -3.17. The molecule has 0 unspecified atom stereocenters. The molecule has 3 aromatic rings. The highest BCUT2D eigenvalue weighted by Crippen LogP contribution is 2.32. The molecule has 1 atom stereocenters. The van der Waals surface area contributed by atoms with Gasteiger partial charge in [0.2, 0.25) is 0 Å². The maximum absolute atomic E-state index is 13.7. The second kappa shape index (κ2) is 11.3. The SMILES string of the molecule is CCOC(=O)C1=C(C)N=c2s/c(=C\c3ccc(OCC)c(Br)c3)c(=O)n2[C@@H]1c1ccc(OCC)cc1. The van der Waals surface area contributed by atoms with E-state index in [1.54, 1.807) is 18.4 Å². The number of halogens is 1. The van der Waals surface area contributed by atoms with Gasteiger partial charge in [0.1, 0.15) is 11.5 Å². The lowest BCUT2D eigenvalue weighted by Crippen LogP contribution is -2.39. The van der Waals surface area contributed by atoms with Gasteiger partial charge in [-0.3, -0.25) is 9.36 Å². The minimum Gasteiger partial charge on any atom is -0.494 e. The average molecular weight is 571 g/mol. The second-order valence-corrected chi connectivity index (χ2v) is 9.79. The standard InChI is InChI=1S/C27H27BrN2O5S/c1-5-33-19-11-9-18(10-12-19)24-23(26(32)35-7-3)16(4)29-27-30(24)25(31)22(36-27)15-17-8-13-21(34-6-2)20(28)14-17/h8-15,24H,5-7H2,1-4H3/b22-15-/t24-/m1/s1. The molecule has 0 aliphatic carbocycles. The first-order chi connectivity index (χ1) is 17.4. The molecule has 0 spiro atoms. The van der Waals surface area contributed by atoms with Gasteiger partial charge in [-0.15, -0.1) is 0 Å². The van der Waals surface area contributed by atoms with Gasteiger partial charge in [-0.2, -0.15) is 0 Å². The van der Waals surface area contributed by atoms with Crippen molar-refractivity contribution in [3.05, 3.63) is 89.0 Å². The number of rotatable bonds is 8. The van der Waals surface area contributed by atoms with Crippen molar-refractivity contribution in [3.63, 3.8) is 0 Å². The molecule has 2 heterocycles. The largest absolute Gasteiger partial charge is 0.494 e. The number of allylic oxidation sites excluding steroid dienone is 1. The van der Waals surface area contributed by atoms with Gasteiger partial charge in [-0.1, -0.05) is 29.5 Å². The fraction of sp³-hybridized carbons (Fsp3) is 0.296. The van der Waals surface area contributed by atoms with Crippen LogP contribution < -0.4 is 24.4 Å². The molecule has 0 saturated carbocycles. The highest BCUT2D eigenvalue weighted by molar-refractivity contribution is 9.10. The molecule has 1 aliphatic rings. The maximum Gasteiger partial charge on any atom is 0.338 e. The Morgan fingerprint density at radius 2 is 1.81 bits per heavy atom. The van der Waals surface area contributed by atoms with Crippen LogP contribution in [0.2, 0.25) is 0 Å². The third-order valence-electron chi connectivity index (χ3n) is 5.58. The van der Waals surface area contributed by atoms with Crippen molar-refractivity contribution in [2.24, 2.45) is 4.99 Å². The van der Waals surface area contributed by atoms with Crippen LogP contribution >= 0.6 is 27.3 Å². The van der Waals surface area contributed by atoms with E-state index in [9.17, 15) is 9.59 Å². The van der Waals surface area contributed by atoms with E-state index < -0.39 is 12.0 Å². The molecule has 7 nitrogen and oxygen atoms in total. The van der Waals surface area contributed by atoms with E-state index in [-0.39, 0.29) is 12.2 Å². The predicted octanol–water partition coefficient (Wildman–Crippen LogP) is 4.36. The lowest BCUT2D eigenvalue weighted by Gasteiger charge is -2.24. The molecule has 36 heavy (non-hydrogen) atoms. The zero-order chi connectivity index (χ0) is 25.8. The van der Waals surface area contributed by atoms with Gasteiger partial charge in [0.15, 0.2) is 4.80 Å². The van der Waals surface area contributed by atoms with Crippen molar-refractivity contribution in [3.8, 4) is 11.5 Å². The Bertz CT molecular complexity index is 1490. The van der Waals surface area contributed by atoms with Crippen molar-refractivity contribution in [2.75, 3.05) is 19.8 Å². The van der Waals surface area contributed by atoms with Crippen LogP contribution in [0, 0.1) is 0 Å². The number of hydrogen-bond donors (Lipinski definition) is 0. The molecule has 1 aromatic heterocycles. The molecule has 0 N–H and O–H groups in total. The van der Waals surface area contributed by atoms with Crippen LogP contribution in [0.5, 0.6) is 11.5 Å². The van der Waals surface area contributed by atoms with Crippen LogP contribution in [0.1, 0.15) is 44.9 Å². The minimum absolute atomic E-state index is 0.225. The Morgan fingerprint density at radius 1 is 1.08 bits per heavy atom. The highest BCUT2D eigenvalue weighted by Gasteiger charge is 2.33. The Kier molecular flexibility index (Phi) is 8.11. The van der Waals surface area contributed by atoms with E-state index in [1.807, 2.05) is 62.4 Å². The molecule has 0 saturated heterocycles. The number of carbonyl (C=O) groups is 1. The van der Waals surface area contributed by atoms with E-state index in [4.69, 9.17) is 14.2 Å². The molecule has 2 aromatic carbocycles. The molecule has 0 radical (unpaired) electrons. The first-order valence-electron chi connectivity index (χ1n) is 11.7. The minimum atomic E-state index is -0.662. The number of esters is 1. The zero-order valence-electron chi connectivity index (χ0n) is 20.5. The van der Waals surface area contributed by atoms with Crippen molar-refractivity contribution in [2.45, 2.75) is 33.7 Å². The molecule has 188 valence electrons. The summed E-state index contributed by atoms with van der Waals surface area (Å²) in [5, 5.41) is 0. The maximum atomic E-state index is 13.7. The first-order valence-corrected chi connectivity index (χ1v) is 13.3. The monoisotopic (exact) mass is 570 g/mol. The number of benzene rings is 2. The quantitative estimate of drug-likeness (QED) is 0.376. The van der Waals surface area contributed by atoms with E-state index >= 15 is 0 Å². The van der Waals surface area contributed by atoms with E-state index in [1.165, 1.54) is 11.3 Å². The smallest absolute Gasteiger partial charge is 0.338 e. The van der Waals surface area contributed by atoms with Crippen LogP contribution in [0.3, 0.4) is 0 Å². The summed E-state index contributed by atoms with van der Waals surface area (Å²) in [6.07, 6.45) is 1.82. The molecule has 0 fully saturated rings. The summed E-state index contributed by atoms with van der Waals surface area (Å²) in [5.41, 5.74) is 2.27. The van der Waals surface area contributed by atoms with Crippen molar-refractivity contribution in [1.82, 2.24) is 4.57 Å². The summed E-state index contributed by atoms with van der Waals surface area (Å²) in [6, 6.07) is 12.4. The summed E-state index contributed by atoms with van der Waals surface area (Å²) in [5.74, 6) is 0.969. The number of carbonyl (C=O) groups excluding carboxylic acids is 1. The van der Waals surface area contributed by atoms with Gasteiger partial charge in [0.25, 0.3) is 5.56 Å². The number of nitrogens with zero attached hydrogens (tertiary/aromatic N) is 2. The number of fused-ring (bicyclic) bond motifs is 1. The molecule has 0 amide bonds. The van der Waals surface area contributed by atoms with Crippen LogP contribution in [-0.2, 0) is 9.53 Å². The van der Waals surface area contributed by atoms with Crippen LogP contribution in [0.25, 0.3) is 6.08 Å². The van der Waals surface area contributed by atoms with Crippen LogP contribution in [0.4, 0.5) is 0 Å². The Morgan fingerprint density at radius 3 is 2.44 bits per heavy atom. The third kappa shape index (κ3) is 5.17. The highest BCUT2D eigenvalue weighted by atomic mass is 79.9. The fourth-order valence-electron chi connectivity index (χ4n) is 4.05. The van der Waals surface area contributed by atoms with Crippen molar-refractivity contribution in [1.29, 1.82) is 0 Å². The fourth-order valence-corrected chi connectivity index (χ4v) is 5.61. The molecule has 0 bridgehead atoms. The Balaban J connectivity index is 1.87. The van der Waals surface area contributed by atoms with Gasteiger partial charge >= 0.3 is 5.97 Å². The number of thiazole rings is 1. The van der Waals surface area contributed by atoms with E-state index in [0.29, 0.717) is 39.6 Å². The van der Waals surface area contributed by atoms with Gasteiger partial charge in [-0.05, 0) is 85.1 Å². The number of aromatic nitrogens is 1. The molecule has 9 heteroatoms. The van der Waals surface area contributed by atoms with Gasteiger partial charge in [0, 0.05) is 0 Å². The topological polar surface area (TPSA) is 79.1 Å². The second-order valence-electron chi connectivity index (χ2n) is 7.93. The summed E-state index contributed by atoms with van der Waals surface area (Å²) >= 11 is 4.82. The van der Waals surface area contributed by atoms with Crippen LogP contribution in [-0.4, -0.2) is 30.4 Å². The number of ether oxygens (including phenoxy) is 3. The lowest BCUT2D eigenvalue weighted by atomic mass is 9.96. The first kappa shape index (κ1) is 25.9. The molecule has 4 rings (SSSR count). The predicted molar refractivity (Wildman–Crippen MR) is 143 cm³/mol. The summed E-state index contributed by atoms with van der Waals surface area (Å²) < 4.78 is 19.4. The number of hydrogen-bond acceptors (Lipinski definition) is 7. The summed E-state index contributed by atoms with van der Waals surface area (Å²) in [4.78, 5) is 31.9. The van der Waals surface area contributed by atoms with Gasteiger partial charge in [0.05, 0.1) is 46.1 Å². The van der Waals surface area contributed by atoms with Crippen LogP contribution in [0.15, 0.2) is 68.0 Å². The van der Waals surface area contributed by atoms with Crippen molar-refractivity contribution >= 4 is 39.3 Å². The lowest BCUT2D eigenvalue weighted by molar-refractivity contribution is -0.139. The third-order valence-corrected chi connectivity index (χ3v) is 7.18. The molecular formula is C27H27BrN2O5S.